The second-order valence-electron chi connectivity index (χ2n) is 7.19. The van der Waals surface area contributed by atoms with Crippen molar-refractivity contribution in [3.63, 3.8) is 0 Å². The Hall–Kier alpha value is -2.93. The highest BCUT2D eigenvalue weighted by Crippen LogP contribution is 2.42. The Bertz CT molecular complexity index is 836. The van der Waals surface area contributed by atoms with Crippen LogP contribution in [0.2, 0.25) is 0 Å². The number of nitrogens with zero attached hydrogens (tertiary/aromatic N) is 1. The molecular formula is C19H21N3O4. The maximum Gasteiger partial charge on any atom is 0.319 e. The number of aliphatic hydroxyl groups is 1. The van der Waals surface area contributed by atoms with Crippen LogP contribution in [0.3, 0.4) is 0 Å². The molecule has 3 N–H and O–H groups in total. The summed E-state index contributed by atoms with van der Waals surface area (Å²) in [7, 11) is 0. The first-order valence-electron chi connectivity index (χ1n) is 8.36. The normalized spacial score (nSPS) is 20.7. The first-order valence-corrected chi connectivity index (χ1v) is 8.36. The van der Waals surface area contributed by atoms with E-state index in [9.17, 15) is 20.0 Å². The lowest BCUT2D eigenvalue weighted by Crippen LogP contribution is -2.49. The minimum Gasteiger partial charge on any atom is -0.390 e. The number of nitro groups is 1. The van der Waals surface area contributed by atoms with Crippen molar-refractivity contribution >= 4 is 17.4 Å². The number of non-ortho nitro benzene ring substituents is 1. The lowest BCUT2D eigenvalue weighted by Gasteiger charge is -2.42. The number of urea groups is 1. The standard InChI is InChI=1S/C19H21N3O4/c1-19(2)11-12-10-14(22(25)26)8-9-15(12)16(17(19)23)21-18(24)20-13-6-4-3-5-7-13/h3-10,16-17,23H,11H2,1-2H3,(H2,20,21,24)/t16-,17+/m0/s1. The lowest BCUT2D eigenvalue weighted by atomic mass is 9.69. The number of amides is 2. The highest BCUT2D eigenvalue weighted by atomic mass is 16.6. The molecule has 1 aliphatic rings. The van der Waals surface area contributed by atoms with E-state index in [4.69, 9.17) is 0 Å². The van der Waals surface area contributed by atoms with Crippen LogP contribution in [0.1, 0.15) is 31.0 Å². The number of aliphatic hydroxyl groups excluding tert-OH is 1. The summed E-state index contributed by atoms with van der Waals surface area (Å²) in [5.74, 6) is 0. The van der Waals surface area contributed by atoms with Crippen molar-refractivity contribution < 1.29 is 14.8 Å². The number of para-hydroxylation sites is 1. The van der Waals surface area contributed by atoms with Crippen LogP contribution in [0.5, 0.6) is 0 Å². The van der Waals surface area contributed by atoms with Gasteiger partial charge in [0.25, 0.3) is 5.69 Å². The topological polar surface area (TPSA) is 105 Å². The molecule has 26 heavy (non-hydrogen) atoms. The van der Waals surface area contributed by atoms with Crippen LogP contribution >= 0.6 is 0 Å². The largest absolute Gasteiger partial charge is 0.390 e. The zero-order valence-corrected chi connectivity index (χ0v) is 14.6. The molecule has 0 unspecified atom stereocenters. The molecule has 1 aliphatic carbocycles. The molecule has 2 amide bonds. The zero-order chi connectivity index (χ0) is 18.9. The number of fused-ring (bicyclic) bond motifs is 1. The minimum atomic E-state index is -0.821. The molecule has 0 saturated heterocycles. The number of carbonyl (C=O) groups excluding carboxylic acids is 1. The highest BCUT2D eigenvalue weighted by Gasteiger charge is 2.42. The third-order valence-corrected chi connectivity index (χ3v) is 4.75. The van der Waals surface area contributed by atoms with Crippen LogP contribution in [0.25, 0.3) is 0 Å². The van der Waals surface area contributed by atoms with E-state index in [2.05, 4.69) is 10.6 Å². The maximum atomic E-state index is 12.4. The average molecular weight is 355 g/mol. The lowest BCUT2D eigenvalue weighted by molar-refractivity contribution is -0.385. The van der Waals surface area contributed by atoms with Crippen molar-refractivity contribution in [1.29, 1.82) is 0 Å². The molecule has 7 heteroatoms. The van der Waals surface area contributed by atoms with E-state index in [1.54, 1.807) is 18.2 Å². The van der Waals surface area contributed by atoms with E-state index in [0.717, 1.165) is 5.56 Å². The van der Waals surface area contributed by atoms with E-state index in [-0.39, 0.29) is 5.69 Å². The maximum absolute atomic E-state index is 12.4. The second-order valence-corrected chi connectivity index (χ2v) is 7.19. The molecule has 2 atom stereocenters. The Morgan fingerprint density at radius 1 is 1.23 bits per heavy atom. The third kappa shape index (κ3) is 3.52. The predicted octanol–water partition coefficient (Wildman–Crippen LogP) is 3.40. The van der Waals surface area contributed by atoms with Crippen molar-refractivity contribution in [2.75, 3.05) is 5.32 Å². The van der Waals surface area contributed by atoms with Crippen LogP contribution in [0, 0.1) is 15.5 Å². The Labute approximate surface area is 151 Å². The van der Waals surface area contributed by atoms with Crippen molar-refractivity contribution in [3.8, 4) is 0 Å². The molecule has 2 aromatic carbocycles. The average Bonchev–Trinajstić information content (AvgIpc) is 2.59. The fraction of sp³-hybridized carbons (Fsp3) is 0.316. The molecule has 136 valence electrons. The van der Waals surface area contributed by atoms with E-state index in [0.29, 0.717) is 17.7 Å². The Balaban J connectivity index is 1.88. The van der Waals surface area contributed by atoms with Gasteiger partial charge in [-0.2, -0.15) is 0 Å². The number of anilines is 1. The molecular weight excluding hydrogens is 334 g/mol. The predicted molar refractivity (Wildman–Crippen MR) is 97.9 cm³/mol. The summed E-state index contributed by atoms with van der Waals surface area (Å²) in [6.45, 7) is 3.76. The SMILES string of the molecule is CC1(C)Cc2cc([N+](=O)[O-])ccc2[C@H](NC(=O)Nc2ccccc2)[C@H]1O. The van der Waals surface area contributed by atoms with Gasteiger partial charge in [0.15, 0.2) is 0 Å². The van der Waals surface area contributed by atoms with Crippen molar-refractivity contribution in [2.45, 2.75) is 32.4 Å². The van der Waals surface area contributed by atoms with Gasteiger partial charge in [-0.25, -0.2) is 4.79 Å². The molecule has 7 nitrogen and oxygen atoms in total. The van der Waals surface area contributed by atoms with E-state index in [1.165, 1.54) is 12.1 Å². The number of benzene rings is 2. The van der Waals surface area contributed by atoms with E-state index < -0.39 is 28.5 Å². The van der Waals surface area contributed by atoms with Gasteiger partial charge in [0.05, 0.1) is 17.1 Å². The third-order valence-electron chi connectivity index (χ3n) is 4.75. The quantitative estimate of drug-likeness (QED) is 0.580. The van der Waals surface area contributed by atoms with Crippen molar-refractivity contribution in [1.82, 2.24) is 5.32 Å². The number of hydrogen-bond acceptors (Lipinski definition) is 4. The monoisotopic (exact) mass is 355 g/mol. The molecule has 0 bridgehead atoms. The smallest absolute Gasteiger partial charge is 0.319 e. The minimum absolute atomic E-state index is 0.00317. The molecule has 0 heterocycles. The Morgan fingerprint density at radius 3 is 2.58 bits per heavy atom. The fourth-order valence-electron chi connectivity index (χ4n) is 3.37. The summed E-state index contributed by atoms with van der Waals surface area (Å²) < 4.78 is 0. The van der Waals surface area contributed by atoms with Gasteiger partial charge < -0.3 is 15.7 Å². The van der Waals surface area contributed by atoms with Crippen LogP contribution in [0.15, 0.2) is 48.5 Å². The summed E-state index contributed by atoms with van der Waals surface area (Å²) in [6.07, 6.45) is -0.332. The summed E-state index contributed by atoms with van der Waals surface area (Å²) >= 11 is 0. The van der Waals surface area contributed by atoms with Crippen molar-refractivity contribution in [3.05, 3.63) is 69.8 Å². The zero-order valence-electron chi connectivity index (χ0n) is 14.6. The summed E-state index contributed by atoms with van der Waals surface area (Å²) in [4.78, 5) is 23.0. The summed E-state index contributed by atoms with van der Waals surface area (Å²) in [6, 6.07) is 12.4. The van der Waals surface area contributed by atoms with Crippen molar-refractivity contribution in [2.24, 2.45) is 5.41 Å². The Morgan fingerprint density at radius 2 is 1.92 bits per heavy atom. The van der Waals surface area contributed by atoms with Gasteiger partial charge in [-0.3, -0.25) is 10.1 Å². The number of carbonyl (C=O) groups is 1. The number of rotatable bonds is 3. The Kier molecular flexibility index (Phi) is 4.65. The van der Waals surface area contributed by atoms with Crippen LogP contribution in [-0.2, 0) is 6.42 Å². The molecule has 0 saturated carbocycles. The molecule has 2 aromatic rings. The van der Waals surface area contributed by atoms with E-state index >= 15 is 0 Å². The molecule has 0 aliphatic heterocycles. The first kappa shape index (κ1) is 17.9. The van der Waals surface area contributed by atoms with Crippen LogP contribution < -0.4 is 10.6 Å². The summed E-state index contributed by atoms with van der Waals surface area (Å²) in [5, 5.41) is 27.3. The molecule has 0 radical (unpaired) electrons. The van der Waals surface area contributed by atoms with Gasteiger partial charge in [-0.1, -0.05) is 32.0 Å². The van der Waals surface area contributed by atoms with Crippen LogP contribution in [-0.4, -0.2) is 22.2 Å². The van der Waals surface area contributed by atoms with Gasteiger partial charge >= 0.3 is 6.03 Å². The molecule has 3 rings (SSSR count). The van der Waals surface area contributed by atoms with Gasteiger partial charge in [0.1, 0.15) is 0 Å². The van der Waals surface area contributed by atoms with Crippen LogP contribution in [0.4, 0.5) is 16.2 Å². The summed E-state index contributed by atoms with van der Waals surface area (Å²) in [5.41, 5.74) is 1.57. The van der Waals surface area contributed by atoms with Gasteiger partial charge in [-0.15, -0.1) is 0 Å². The van der Waals surface area contributed by atoms with Gasteiger partial charge in [0.2, 0.25) is 0 Å². The molecule has 0 fully saturated rings. The first-order chi connectivity index (χ1) is 12.3. The number of nitro benzene ring substituents is 1. The van der Waals surface area contributed by atoms with Gasteiger partial charge in [-0.05, 0) is 41.2 Å². The highest BCUT2D eigenvalue weighted by molar-refractivity contribution is 5.89. The molecule has 0 spiro atoms. The number of nitrogens with one attached hydrogen (secondary N) is 2. The fourth-order valence-corrected chi connectivity index (χ4v) is 3.37. The molecule has 0 aromatic heterocycles. The van der Waals surface area contributed by atoms with E-state index in [1.807, 2.05) is 32.0 Å². The van der Waals surface area contributed by atoms with Gasteiger partial charge in [0, 0.05) is 17.8 Å². The second kappa shape index (κ2) is 6.76. The number of hydrogen-bond donors (Lipinski definition) is 3.